The fourth-order valence-electron chi connectivity index (χ4n) is 6.01. The molecule has 2 aliphatic carbocycles. The molecule has 4 aliphatic rings. The van der Waals surface area contributed by atoms with E-state index in [-0.39, 0.29) is 5.54 Å². The van der Waals surface area contributed by atoms with Gasteiger partial charge >= 0.3 is 0 Å². The summed E-state index contributed by atoms with van der Waals surface area (Å²) in [7, 11) is 0. The highest BCUT2D eigenvalue weighted by Crippen LogP contribution is 2.50. The largest absolute Gasteiger partial charge is 0.345 e. The van der Waals surface area contributed by atoms with Crippen LogP contribution in [0.25, 0.3) is 0 Å². The maximum absolute atomic E-state index is 5.43. The molecule has 3 fully saturated rings. The van der Waals surface area contributed by atoms with Crippen molar-refractivity contribution in [2.24, 2.45) is 21.7 Å². The van der Waals surface area contributed by atoms with Crippen molar-refractivity contribution in [3.8, 4) is 0 Å². The summed E-state index contributed by atoms with van der Waals surface area (Å²) in [4.78, 5) is 5.43. The summed E-state index contributed by atoms with van der Waals surface area (Å²) in [5, 5.41) is 7.43. The molecule has 0 aromatic rings. The Bertz CT molecular complexity index is 554. The Kier molecular flexibility index (Phi) is 3.87. The molecule has 2 heterocycles. The van der Waals surface area contributed by atoms with E-state index in [0.717, 1.165) is 13.1 Å². The normalized spacial score (nSPS) is 31.6. The number of allylic oxidation sites excluding steroid dienone is 1. The van der Waals surface area contributed by atoms with E-state index in [1.165, 1.54) is 62.9 Å². The number of nitrogens with one attached hydrogen (secondary N) is 2. The molecule has 2 saturated carbocycles. The molecule has 134 valence electrons. The van der Waals surface area contributed by atoms with Crippen molar-refractivity contribution in [2.45, 2.75) is 84.6 Å². The van der Waals surface area contributed by atoms with Gasteiger partial charge in [0.15, 0.2) is 0 Å². The van der Waals surface area contributed by atoms with Crippen molar-refractivity contribution in [1.82, 2.24) is 10.6 Å². The van der Waals surface area contributed by atoms with Crippen molar-refractivity contribution < 1.29 is 0 Å². The smallest absolute Gasteiger partial charge is 0.105 e. The maximum atomic E-state index is 5.43. The first-order valence-electron chi connectivity index (χ1n) is 10.1. The van der Waals surface area contributed by atoms with E-state index in [1.807, 2.05) is 0 Å². The van der Waals surface area contributed by atoms with Crippen LogP contribution in [-0.2, 0) is 0 Å². The van der Waals surface area contributed by atoms with Crippen molar-refractivity contribution in [1.29, 1.82) is 0 Å². The second-order valence-electron chi connectivity index (χ2n) is 10.3. The molecular weight excluding hydrogens is 294 g/mol. The van der Waals surface area contributed by atoms with Gasteiger partial charge in [0.1, 0.15) is 11.4 Å². The lowest BCUT2D eigenvalue weighted by molar-refractivity contribution is 0.0920. The van der Waals surface area contributed by atoms with E-state index in [2.05, 4.69) is 38.3 Å². The second-order valence-corrected chi connectivity index (χ2v) is 10.3. The zero-order valence-electron chi connectivity index (χ0n) is 16.1. The first kappa shape index (κ1) is 16.6. The second kappa shape index (κ2) is 5.59. The molecule has 0 aromatic carbocycles. The molecule has 1 saturated heterocycles. The van der Waals surface area contributed by atoms with Gasteiger partial charge in [0.25, 0.3) is 0 Å². The van der Waals surface area contributed by atoms with Gasteiger partial charge in [-0.3, -0.25) is 4.99 Å². The van der Waals surface area contributed by atoms with Crippen molar-refractivity contribution in [3.63, 3.8) is 0 Å². The zero-order valence-corrected chi connectivity index (χ0v) is 16.1. The lowest BCUT2D eigenvalue weighted by atomic mass is 9.61. The van der Waals surface area contributed by atoms with Crippen LogP contribution in [0.1, 0.15) is 79.1 Å². The van der Waals surface area contributed by atoms with Crippen LogP contribution < -0.4 is 10.6 Å². The highest BCUT2D eigenvalue weighted by atomic mass is 15.2. The van der Waals surface area contributed by atoms with Crippen LogP contribution in [0.4, 0.5) is 0 Å². The van der Waals surface area contributed by atoms with Gasteiger partial charge in [-0.1, -0.05) is 27.7 Å². The van der Waals surface area contributed by atoms with Crippen LogP contribution in [0.15, 0.2) is 16.3 Å². The number of rotatable bonds is 1. The molecule has 2 N–H and O–H groups in total. The number of nitrogens with zero attached hydrogens (tertiary/aromatic N) is 1. The molecule has 0 radical (unpaired) electrons. The Morgan fingerprint density at radius 3 is 2.12 bits per heavy atom. The molecule has 0 amide bonds. The molecule has 2 aliphatic heterocycles. The van der Waals surface area contributed by atoms with E-state index >= 15 is 0 Å². The summed E-state index contributed by atoms with van der Waals surface area (Å²) in [5.74, 6) is 1.93. The average molecular weight is 330 g/mol. The predicted octanol–water partition coefficient (Wildman–Crippen LogP) is 4.40. The molecule has 0 bridgehead atoms. The van der Waals surface area contributed by atoms with Crippen LogP contribution in [0, 0.1) is 16.7 Å². The van der Waals surface area contributed by atoms with Crippen LogP contribution in [0.5, 0.6) is 0 Å². The quantitative estimate of drug-likeness (QED) is 0.748. The number of piperidine rings is 1. The summed E-state index contributed by atoms with van der Waals surface area (Å²) >= 11 is 0. The van der Waals surface area contributed by atoms with E-state index in [0.29, 0.717) is 16.7 Å². The van der Waals surface area contributed by atoms with Crippen LogP contribution in [-0.4, -0.2) is 24.5 Å². The Hall–Kier alpha value is -0.830. The zero-order chi connectivity index (χ0) is 17.0. The van der Waals surface area contributed by atoms with Gasteiger partial charge < -0.3 is 10.6 Å². The molecule has 0 aromatic heterocycles. The SMILES string of the molecule is CC1(C)CC(C2=NC3(CCNCC3)C(=C3CCC3)N2)CC(C)(C)C1. The molecule has 3 nitrogen and oxygen atoms in total. The highest BCUT2D eigenvalue weighted by Gasteiger charge is 2.47. The Labute approximate surface area is 147 Å². The molecular formula is C21H35N3. The minimum atomic E-state index is 0.0854. The summed E-state index contributed by atoms with van der Waals surface area (Å²) in [5.41, 5.74) is 4.12. The van der Waals surface area contributed by atoms with Crippen molar-refractivity contribution in [2.75, 3.05) is 13.1 Å². The molecule has 1 spiro atoms. The molecule has 3 heteroatoms. The summed E-state index contributed by atoms with van der Waals surface area (Å²) in [6, 6.07) is 0. The Morgan fingerprint density at radius 2 is 1.58 bits per heavy atom. The average Bonchev–Trinajstić information content (AvgIpc) is 2.74. The van der Waals surface area contributed by atoms with E-state index in [9.17, 15) is 0 Å². The fourth-order valence-corrected chi connectivity index (χ4v) is 6.01. The topological polar surface area (TPSA) is 36.4 Å². The maximum Gasteiger partial charge on any atom is 0.105 e. The molecule has 24 heavy (non-hydrogen) atoms. The van der Waals surface area contributed by atoms with Crippen LogP contribution in [0.3, 0.4) is 0 Å². The minimum absolute atomic E-state index is 0.0854. The molecule has 0 unspecified atom stereocenters. The molecule has 4 rings (SSSR count). The van der Waals surface area contributed by atoms with E-state index < -0.39 is 0 Å². The first-order valence-corrected chi connectivity index (χ1v) is 10.1. The van der Waals surface area contributed by atoms with Gasteiger partial charge in [0.2, 0.25) is 0 Å². The lowest BCUT2D eigenvalue weighted by Crippen LogP contribution is -2.43. The lowest BCUT2D eigenvalue weighted by Gasteiger charge is -2.45. The van der Waals surface area contributed by atoms with Gasteiger partial charge in [0, 0.05) is 11.6 Å². The first-order chi connectivity index (χ1) is 11.3. The monoisotopic (exact) mass is 329 g/mol. The van der Waals surface area contributed by atoms with Crippen LogP contribution in [0.2, 0.25) is 0 Å². The third-order valence-electron chi connectivity index (χ3n) is 6.74. The van der Waals surface area contributed by atoms with Gasteiger partial charge in [-0.05, 0) is 80.9 Å². The number of amidine groups is 1. The van der Waals surface area contributed by atoms with E-state index in [4.69, 9.17) is 4.99 Å². The Balaban J connectivity index is 1.65. The standard InChI is InChI=1S/C21H35N3/c1-19(2)12-16(13-20(3,4)14-19)18-23-17(15-6-5-7-15)21(24-18)8-10-22-11-9-21/h16,22H,5-14H2,1-4H3,(H,23,24). The predicted molar refractivity (Wildman–Crippen MR) is 101 cm³/mol. The van der Waals surface area contributed by atoms with Gasteiger partial charge in [-0.15, -0.1) is 0 Å². The number of hydrogen-bond donors (Lipinski definition) is 2. The van der Waals surface area contributed by atoms with Gasteiger partial charge in [-0.2, -0.15) is 0 Å². The minimum Gasteiger partial charge on any atom is -0.345 e. The summed E-state index contributed by atoms with van der Waals surface area (Å²) in [6.07, 6.45) is 10.2. The van der Waals surface area contributed by atoms with Crippen LogP contribution >= 0.6 is 0 Å². The van der Waals surface area contributed by atoms with E-state index in [1.54, 1.807) is 5.57 Å². The summed E-state index contributed by atoms with van der Waals surface area (Å²) in [6.45, 7) is 12.0. The van der Waals surface area contributed by atoms with Gasteiger partial charge in [0.05, 0.1) is 0 Å². The highest BCUT2D eigenvalue weighted by molar-refractivity contribution is 5.90. The third-order valence-corrected chi connectivity index (χ3v) is 6.74. The van der Waals surface area contributed by atoms with Gasteiger partial charge in [-0.25, -0.2) is 0 Å². The fraction of sp³-hybridized carbons (Fsp3) is 0.857. The third kappa shape index (κ3) is 2.94. The Morgan fingerprint density at radius 1 is 0.958 bits per heavy atom. The van der Waals surface area contributed by atoms with Crippen molar-refractivity contribution >= 4 is 5.84 Å². The number of hydrogen-bond acceptors (Lipinski definition) is 3. The summed E-state index contributed by atoms with van der Waals surface area (Å²) < 4.78 is 0. The van der Waals surface area contributed by atoms with Crippen molar-refractivity contribution in [3.05, 3.63) is 11.3 Å². The number of aliphatic imine (C=N–C) groups is 1. The molecule has 0 atom stereocenters.